The summed E-state index contributed by atoms with van der Waals surface area (Å²) in [7, 11) is 0. The molecule has 0 bridgehead atoms. The molecule has 0 saturated heterocycles. The molecule has 1 atom stereocenters. The number of likely N-dealkylation sites (N-methyl/N-ethyl adjacent to an activating group) is 1. The zero-order chi connectivity index (χ0) is 14.5. The van der Waals surface area contributed by atoms with Gasteiger partial charge in [0.05, 0.1) is 5.52 Å². The summed E-state index contributed by atoms with van der Waals surface area (Å²) in [6.07, 6.45) is 1.72. The Kier molecular flexibility index (Phi) is 4.90. The van der Waals surface area contributed by atoms with Crippen LogP contribution in [0.2, 0.25) is 0 Å². The van der Waals surface area contributed by atoms with E-state index in [1.54, 1.807) is 12.3 Å². The number of fused-ring (bicyclic) bond motifs is 1. The van der Waals surface area contributed by atoms with E-state index in [0.717, 1.165) is 30.7 Å². The number of aromatic nitrogens is 1. The molecule has 1 aromatic carbocycles. The monoisotopic (exact) mass is 275 g/mol. The molecule has 1 aromatic heterocycles. The summed E-state index contributed by atoms with van der Waals surface area (Å²) in [5, 5.41) is 4.46. The van der Waals surface area contributed by atoms with Gasteiger partial charge >= 0.3 is 0 Å². The van der Waals surface area contributed by atoms with Gasteiger partial charge in [0, 0.05) is 35.9 Å². The van der Waals surface area contributed by atoms with E-state index in [2.05, 4.69) is 36.0 Å². The quantitative estimate of drug-likeness (QED) is 0.874. The molecule has 0 fully saturated rings. The van der Waals surface area contributed by atoms with Gasteiger partial charge < -0.3 is 10.2 Å². The zero-order valence-electron chi connectivity index (χ0n) is 12.4. The molecule has 4 heteroatoms. The van der Waals surface area contributed by atoms with Crippen LogP contribution in [0.15, 0.2) is 30.5 Å². The molecule has 20 heavy (non-hydrogen) atoms. The molecule has 108 valence electrons. The summed E-state index contributed by atoms with van der Waals surface area (Å²) in [4.78, 5) is 6.59. The number of hydrogen-bond donors (Lipinski definition) is 1. The van der Waals surface area contributed by atoms with Gasteiger partial charge in [0.2, 0.25) is 0 Å². The maximum atomic E-state index is 13.2. The van der Waals surface area contributed by atoms with E-state index in [1.165, 1.54) is 12.1 Å². The normalized spacial score (nSPS) is 12.8. The molecule has 0 aliphatic heterocycles. The Balaban J connectivity index is 2.17. The first-order chi connectivity index (χ1) is 9.63. The van der Waals surface area contributed by atoms with Gasteiger partial charge in [0.1, 0.15) is 5.82 Å². The van der Waals surface area contributed by atoms with Gasteiger partial charge in [0.25, 0.3) is 0 Å². The highest BCUT2D eigenvalue weighted by Crippen LogP contribution is 2.22. The predicted octanol–water partition coefficient (Wildman–Crippen LogP) is 3.52. The molecule has 0 radical (unpaired) electrons. The molecule has 2 aromatic rings. The molecule has 1 N–H and O–H groups in total. The summed E-state index contributed by atoms with van der Waals surface area (Å²) < 4.78 is 13.2. The number of benzene rings is 1. The van der Waals surface area contributed by atoms with E-state index in [4.69, 9.17) is 0 Å². The number of halogens is 1. The summed E-state index contributed by atoms with van der Waals surface area (Å²) in [6, 6.07) is 6.99. The second-order valence-corrected chi connectivity index (χ2v) is 5.05. The fourth-order valence-electron chi connectivity index (χ4n) is 2.43. The van der Waals surface area contributed by atoms with Gasteiger partial charge in [-0.15, -0.1) is 0 Å². The molecule has 0 amide bonds. The Morgan fingerprint density at radius 3 is 2.70 bits per heavy atom. The lowest BCUT2D eigenvalue weighted by molar-refractivity contribution is 0.295. The van der Waals surface area contributed by atoms with E-state index in [9.17, 15) is 4.39 Å². The van der Waals surface area contributed by atoms with E-state index in [0.29, 0.717) is 11.6 Å². The average molecular weight is 275 g/mol. The van der Waals surface area contributed by atoms with E-state index in [1.807, 2.05) is 6.07 Å². The molecule has 1 heterocycles. The van der Waals surface area contributed by atoms with Crippen molar-refractivity contribution in [3.8, 4) is 0 Å². The SMILES string of the molecule is CCN(CC)C[C@H](C)Nc1ccnc2cc(F)ccc12. The van der Waals surface area contributed by atoms with Crippen LogP contribution in [-0.2, 0) is 0 Å². The molecule has 3 nitrogen and oxygen atoms in total. The third kappa shape index (κ3) is 3.45. The van der Waals surface area contributed by atoms with Crippen LogP contribution in [0.3, 0.4) is 0 Å². The smallest absolute Gasteiger partial charge is 0.125 e. The van der Waals surface area contributed by atoms with Gasteiger partial charge in [-0.3, -0.25) is 4.98 Å². The van der Waals surface area contributed by atoms with Crippen molar-refractivity contribution in [1.82, 2.24) is 9.88 Å². The van der Waals surface area contributed by atoms with Crippen molar-refractivity contribution in [2.75, 3.05) is 25.0 Å². The highest BCUT2D eigenvalue weighted by molar-refractivity contribution is 5.91. The summed E-state index contributed by atoms with van der Waals surface area (Å²) in [5.74, 6) is -0.252. The molecule has 0 aliphatic carbocycles. The van der Waals surface area contributed by atoms with Crippen LogP contribution in [0.5, 0.6) is 0 Å². The Bertz CT molecular complexity index is 567. The summed E-state index contributed by atoms with van der Waals surface area (Å²) >= 11 is 0. The first-order valence-electron chi connectivity index (χ1n) is 7.17. The maximum Gasteiger partial charge on any atom is 0.125 e. The standard InChI is InChI=1S/C16H22FN3/c1-4-20(5-2)11-12(3)19-15-8-9-18-16-10-13(17)6-7-14(15)16/h6-10,12H,4-5,11H2,1-3H3,(H,18,19)/t12-/m0/s1. The molecule has 2 rings (SSSR count). The van der Waals surface area contributed by atoms with Crippen molar-refractivity contribution in [1.29, 1.82) is 0 Å². The fourth-order valence-corrected chi connectivity index (χ4v) is 2.43. The van der Waals surface area contributed by atoms with Crippen molar-refractivity contribution in [3.05, 3.63) is 36.3 Å². The Morgan fingerprint density at radius 1 is 1.25 bits per heavy atom. The number of hydrogen-bond acceptors (Lipinski definition) is 3. The molecule has 0 spiro atoms. The minimum Gasteiger partial charge on any atom is -0.381 e. The van der Waals surface area contributed by atoms with Crippen LogP contribution in [0.4, 0.5) is 10.1 Å². The van der Waals surface area contributed by atoms with Crippen molar-refractivity contribution in [3.63, 3.8) is 0 Å². The van der Waals surface area contributed by atoms with Gasteiger partial charge in [-0.05, 0) is 38.2 Å². The van der Waals surface area contributed by atoms with Crippen LogP contribution >= 0.6 is 0 Å². The highest BCUT2D eigenvalue weighted by Gasteiger charge is 2.09. The minimum atomic E-state index is -0.252. The van der Waals surface area contributed by atoms with Crippen LogP contribution < -0.4 is 5.32 Å². The Morgan fingerprint density at radius 2 is 2.00 bits per heavy atom. The number of nitrogens with one attached hydrogen (secondary N) is 1. The van der Waals surface area contributed by atoms with Crippen molar-refractivity contribution in [2.45, 2.75) is 26.8 Å². The largest absolute Gasteiger partial charge is 0.381 e. The molecule has 0 unspecified atom stereocenters. The first-order valence-corrected chi connectivity index (χ1v) is 7.17. The number of rotatable bonds is 6. The van der Waals surface area contributed by atoms with Crippen LogP contribution in [0.1, 0.15) is 20.8 Å². The third-order valence-electron chi connectivity index (χ3n) is 3.53. The Labute approximate surface area is 119 Å². The highest BCUT2D eigenvalue weighted by atomic mass is 19.1. The maximum absolute atomic E-state index is 13.2. The zero-order valence-corrected chi connectivity index (χ0v) is 12.4. The predicted molar refractivity (Wildman–Crippen MR) is 82.6 cm³/mol. The van der Waals surface area contributed by atoms with Gasteiger partial charge in [-0.1, -0.05) is 13.8 Å². The number of pyridine rings is 1. The molecular weight excluding hydrogens is 253 g/mol. The Hall–Kier alpha value is -1.68. The summed E-state index contributed by atoms with van der Waals surface area (Å²) in [6.45, 7) is 9.57. The van der Waals surface area contributed by atoms with Gasteiger partial charge in [-0.25, -0.2) is 4.39 Å². The van der Waals surface area contributed by atoms with Crippen molar-refractivity contribution < 1.29 is 4.39 Å². The van der Waals surface area contributed by atoms with Crippen molar-refractivity contribution >= 4 is 16.6 Å². The molecule has 0 saturated carbocycles. The lowest BCUT2D eigenvalue weighted by Gasteiger charge is -2.24. The lowest BCUT2D eigenvalue weighted by Crippen LogP contribution is -2.34. The van der Waals surface area contributed by atoms with Crippen LogP contribution in [0, 0.1) is 5.82 Å². The molecule has 0 aliphatic rings. The van der Waals surface area contributed by atoms with Gasteiger partial charge in [0.15, 0.2) is 0 Å². The second-order valence-electron chi connectivity index (χ2n) is 5.05. The second kappa shape index (κ2) is 6.66. The van der Waals surface area contributed by atoms with E-state index in [-0.39, 0.29) is 5.82 Å². The first kappa shape index (κ1) is 14.7. The minimum absolute atomic E-state index is 0.252. The number of anilines is 1. The third-order valence-corrected chi connectivity index (χ3v) is 3.53. The topological polar surface area (TPSA) is 28.2 Å². The lowest BCUT2D eigenvalue weighted by atomic mass is 10.1. The van der Waals surface area contributed by atoms with E-state index < -0.39 is 0 Å². The summed E-state index contributed by atoms with van der Waals surface area (Å²) in [5.41, 5.74) is 1.69. The molecular formula is C16H22FN3. The van der Waals surface area contributed by atoms with Crippen LogP contribution in [0.25, 0.3) is 10.9 Å². The van der Waals surface area contributed by atoms with Crippen LogP contribution in [-0.4, -0.2) is 35.6 Å². The van der Waals surface area contributed by atoms with Crippen molar-refractivity contribution in [2.24, 2.45) is 0 Å². The average Bonchev–Trinajstić information content (AvgIpc) is 2.44. The fraction of sp³-hybridized carbons (Fsp3) is 0.438. The van der Waals surface area contributed by atoms with E-state index >= 15 is 0 Å². The van der Waals surface area contributed by atoms with Gasteiger partial charge in [-0.2, -0.15) is 0 Å². The number of nitrogens with zero attached hydrogens (tertiary/aromatic N) is 2.